The second-order valence-electron chi connectivity index (χ2n) is 6.94. The molecule has 1 saturated heterocycles. The Morgan fingerprint density at radius 3 is 2.61 bits per heavy atom. The number of amides is 1. The second-order valence-corrected chi connectivity index (χ2v) is 6.94. The molecule has 28 heavy (non-hydrogen) atoms. The third-order valence-electron chi connectivity index (χ3n) is 5.32. The normalized spacial score (nSPS) is 20.6. The number of hydrogen-bond acceptors (Lipinski definition) is 6. The van der Waals surface area contributed by atoms with Gasteiger partial charge in [-0.2, -0.15) is 0 Å². The van der Waals surface area contributed by atoms with Gasteiger partial charge in [-0.3, -0.25) is 9.59 Å². The van der Waals surface area contributed by atoms with E-state index in [0.29, 0.717) is 43.4 Å². The first kappa shape index (κ1) is 20.2. The summed E-state index contributed by atoms with van der Waals surface area (Å²) >= 11 is 0. The molecule has 152 valence electrons. The number of nitrogens with one attached hydrogen (secondary N) is 1. The minimum absolute atomic E-state index is 0.0912. The number of Topliss-reactive ketones (excluding diaryl/α,β-unsaturated/α-hetero) is 1. The fourth-order valence-corrected chi connectivity index (χ4v) is 3.81. The zero-order valence-electron chi connectivity index (χ0n) is 16.5. The molecule has 2 aliphatic heterocycles. The molecule has 1 aromatic rings. The maximum absolute atomic E-state index is 12.8. The number of rotatable bonds is 7. The number of nitrogens with zero attached hydrogens (tertiary/aromatic N) is 1. The van der Waals surface area contributed by atoms with Crippen LogP contribution in [0, 0.1) is 0 Å². The average Bonchev–Trinajstić information content (AvgIpc) is 2.97. The summed E-state index contributed by atoms with van der Waals surface area (Å²) in [7, 11) is 3.07. The minimum Gasteiger partial charge on any atom is -0.503 e. The highest BCUT2D eigenvalue weighted by atomic mass is 16.5. The van der Waals surface area contributed by atoms with E-state index in [2.05, 4.69) is 0 Å². The molecule has 2 heterocycles. The number of morpholine rings is 1. The van der Waals surface area contributed by atoms with E-state index in [-0.39, 0.29) is 11.4 Å². The molecule has 0 aromatic heterocycles. The topological polar surface area (TPSA) is 89.7 Å². The van der Waals surface area contributed by atoms with Crippen LogP contribution in [0.2, 0.25) is 0 Å². The molecule has 3 rings (SSSR count). The number of ether oxygens (including phenoxy) is 3. The lowest BCUT2D eigenvalue weighted by atomic mass is 9.95. The molecule has 1 aromatic carbocycles. The van der Waals surface area contributed by atoms with Gasteiger partial charge in [-0.15, -0.1) is 0 Å². The molecule has 0 radical (unpaired) electrons. The molecule has 1 atom stereocenters. The first-order valence-corrected chi connectivity index (χ1v) is 9.36. The van der Waals surface area contributed by atoms with Crippen molar-refractivity contribution in [3.63, 3.8) is 0 Å². The van der Waals surface area contributed by atoms with Crippen LogP contribution in [0.4, 0.5) is 0 Å². The molecular weight excluding hydrogens is 364 g/mol. The summed E-state index contributed by atoms with van der Waals surface area (Å²) in [6, 6.07) is 4.51. The maximum Gasteiger partial charge on any atom is 0.290 e. The third kappa shape index (κ3) is 3.83. The van der Waals surface area contributed by atoms with Crippen LogP contribution in [-0.2, 0) is 14.3 Å². The number of quaternary nitrogens is 1. The zero-order chi connectivity index (χ0) is 20.3. The van der Waals surface area contributed by atoms with E-state index in [1.165, 1.54) is 18.9 Å². The molecule has 0 aliphatic carbocycles. The van der Waals surface area contributed by atoms with Crippen molar-refractivity contribution >= 4 is 11.7 Å². The largest absolute Gasteiger partial charge is 0.503 e. The van der Waals surface area contributed by atoms with Gasteiger partial charge in [-0.05, 0) is 25.1 Å². The molecule has 1 fully saturated rings. The Labute approximate surface area is 164 Å². The Kier molecular flexibility index (Phi) is 6.21. The summed E-state index contributed by atoms with van der Waals surface area (Å²) in [5.74, 6) is -0.263. The van der Waals surface area contributed by atoms with Crippen LogP contribution in [0.15, 0.2) is 29.5 Å². The summed E-state index contributed by atoms with van der Waals surface area (Å²) in [4.78, 5) is 28.0. The summed E-state index contributed by atoms with van der Waals surface area (Å²) in [5.41, 5.74) is 0.704. The number of aliphatic hydroxyl groups is 1. The van der Waals surface area contributed by atoms with Gasteiger partial charge in [-0.1, -0.05) is 0 Å². The summed E-state index contributed by atoms with van der Waals surface area (Å²) in [6.07, 6.45) is 0. The van der Waals surface area contributed by atoms with E-state index in [1.54, 1.807) is 30.2 Å². The highest BCUT2D eigenvalue weighted by Gasteiger charge is 2.44. The van der Waals surface area contributed by atoms with Gasteiger partial charge in [0.1, 0.15) is 24.6 Å². The Balaban J connectivity index is 1.97. The highest BCUT2D eigenvalue weighted by Crippen LogP contribution is 2.42. The van der Waals surface area contributed by atoms with E-state index >= 15 is 0 Å². The van der Waals surface area contributed by atoms with Crippen LogP contribution in [0.25, 0.3) is 0 Å². The summed E-state index contributed by atoms with van der Waals surface area (Å²) in [6.45, 7) is 5.59. The number of benzene rings is 1. The van der Waals surface area contributed by atoms with Gasteiger partial charge in [0.25, 0.3) is 5.91 Å². The average molecular weight is 391 g/mol. The van der Waals surface area contributed by atoms with Gasteiger partial charge >= 0.3 is 0 Å². The predicted octanol–water partition coefficient (Wildman–Crippen LogP) is -0.0967. The molecule has 0 spiro atoms. The smallest absolute Gasteiger partial charge is 0.290 e. The SMILES string of the molecule is COc1ccc(OC)c([C@@H]2C(C(C)=O)=C(O)C(=O)N2CC[NH+]2CCOCC2)c1. The van der Waals surface area contributed by atoms with Gasteiger partial charge in [0.2, 0.25) is 0 Å². The molecule has 2 N–H and O–H groups in total. The molecule has 0 bridgehead atoms. The van der Waals surface area contributed by atoms with Gasteiger partial charge in [-0.25, -0.2) is 0 Å². The number of carbonyl (C=O) groups is 2. The zero-order valence-corrected chi connectivity index (χ0v) is 16.5. The Morgan fingerprint density at radius 1 is 1.29 bits per heavy atom. The van der Waals surface area contributed by atoms with Crippen molar-refractivity contribution in [3.8, 4) is 11.5 Å². The number of carbonyl (C=O) groups excluding carboxylic acids is 2. The predicted molar refractivity (Wildman–Crippen MR) is 101 cm³/mol. The minimum atomic E-state index is -0.713. The van der Waals surface area contributed by atoms with Crippen LogP contribution < -0.4 is 14.4 Å². The monoisotopic (exact) mass is 391 g/mol. The van der Waals surface area contributed by atoms with Crippen molar-refractivity contribution in [2.75, 3.05) is 53.6 Å². The van der Waals surface area contributed by atoms with Crippen LogP contribution in [0.1, 0.15) is 18.5 Å². The number of hydrogen-bond donors (Lipinski definition) is 2. The Morgan fingerprint density at radius 2 is 2.00 bits per heavy atom. The van der Waals surface area contributed by atoms with Crippen molar-refractivity contribution in [1.82, 2.24) is 4.90 Å². The van der Waals surface area contributed by atoms with E-state index in [9.17, 15) is 14.7 Å². The van der Waals surface area contributed by atoms with Gasteiger partial charge in [0.15, 0.2) is 11.5 Å². The standard InChI is InChI=1S/C20H26N2O6/c1-13(23)17-18(15-12-14(26-2)4-5-16(15)27-3)22(20(25)19(17)24)7-6-21-8-10-28-11-9-21/h4-5,12,18,24H,6-11H2,1-3H3/p+1/t18-/m1/s1. The van der Waals surface area contributed by atoms with Crippen LogP contribution in [0.5, 0.6) is 11.5 Å². The Bertz CT molecular complexity index is 785. The molecule has 0 saturated carbocycles. The Hall–Kier alpha value is -2.58. The fourth-order valence-electron chi connectivity index (χ4n) is 3.81. The maximum atomic E-state index is 12.8. The molecule has 0 unspecified atom stereocenters. The van der Waals surface area contributed by atoms with E-state index in [4.69, 9.17) is 14.2 Å². The summed E-state index contributed by atoms with van der Waals surface area (Å²) < 4.78 is 16.2. The van der Waals surface area contributed by atoms with Gasteiger partial charge < -0.3 is 29.1 Å². The molecule has 1 amide bonds. The van der Waals surface area contributed by atoms with Gasteiger partial charge in [0, 0.05) is 5.56 Å². The van der Waals surface area contributed by atoms with Crippen LogP contribution in [0.3, 0.4) is 0 Å². The van der Waals surface area contributed by atoms with Crippen molar-refractivity contribution in [2.45, 2.75) is 13.0 Å². The van der Waals surface area contributed by atoms with E-state index in [1.807, 2.05) is 0 Å². The lowest BCUT2D eigenvalue weighted by Gasteiger charge is -2.30. The fraction of sp³-hybridized carbons (Fsp3) is 0.500. The van der Waals surface area contributed by atoms with Gasteiger partial charge in [0.05, 0.1) is 52.1 Å². The molecular formula is C20H27N2O6+. The molecule has 2 aliphatic rings. The second kappa shape index (κ2) is 8.62. The lowest BCUT2D eigenvalue weighted by molar-refractivity contribution is -0.907. The van der Waals surface area contributed by atoms with Crippen molar-refractivity contribution < 1.29 is 33.8 Å². The van der Waals surface area contributed by atoms with Crippen molar-refractivity contribution in [1.29, 1.82) is 0 Å². The number of methoxy groups -OCH3 is 2. The van der Waals surface area contributed by atoms with E-state index < -0.39 is 17.7 Å². The van der Waals surface area contributed by atoms with Crippen LogP contribution in [-0.4, -0.2) is 75.3 Å². The highest BCUT2D eigenvalue weighted by molar-refractivity contribution is 6.08. The third-order valence-corrected chi connectivity index (χ3v) is 5.32. The molecule has 8 heteroatoms. The lowest BCUT2D eigenvalue weighted by Crippen LogP contribution is -3.14. The van der Waals surface area contributed by atoms with Crippen molar-refractivity contribution in [2.24, 2.45) is 0 Å². The first-order chi connectivity index (χ1) is 13.5. The quantitative estimate of drug-likeness (QED) is 0.675. The number of aliphatic hydroxyl groups excluding tert-OH is 1. The molecule has 8 nitrogen and oxygen atoms in total. The van der Waals surface area contributed by atoms with Crippen molar-refractivity contribution in [3.05, 3.63) is 35.1 Å². The van der Waals surface area contributed by atoms with E-state index in [0.717, 1.165) is 13.1 Å². The van der Waals surface area contributed by atoms with Crippen LogP contribution >= 0.6 is 0 Å². The number of ketones is 1. The first-order valence-electron chi connectivity index (χ1n) is 9.36. The summed E-state index contributed by atoms with van der Waals surface area (Å²) in [5, 5.41) is 10.4.